The van der Waals surface area contributed by atoms with Crippen LogP contribution < -0.4 is 10.6 Å². The highest BCUT2D eigenvalue weighted by molar-refractivity contribution is 14.0. The topological polar surface area (TPSA) is 86.7 Å². The maximum absolute atomic E-state index is 12.7. The smallest absolute Gasteiger partial charge is 0.233 e. The Morgan fingerprint density at radius 1 is 1.21 bits per heavy atom. The first kappa shape index (κ1) is 21.7. The number of aromatic nitrogens is 1. The van der Waals surface area contributed by atoms with Gasteiger partial charge in [-0.2, -0.15) is 0 Å². The van der Waals surface area contributed by atoms with Crippen molar-refractivity contribution < 1.29 is 9.59 Å². The van der Waals surface area contributed by atoms with E-state index in [4.69, 9.17) is 0 Å². The summed E-state index contributed by atoms with van der Waals surface area (Å²) >= 11 is 0. The van der Waals surface area contributed by atoms with Gasteiger partial charge in [0.05, 0.1) is 11.8 Å². The number of carbonyl (C=O) groups excluding carboxylic acids is 2. The van der Waals surface area contributed by atoms with E-state index in [1.165, 1.54) is 4.90 Å². The monoisotopic (exact) mass is 509 g/mol. The minimum absolute atomic E-state index is 0. The number of rotatable bonds is 7. The van der Waals surface area contributed by atoms with Crippen molar-refractivity contribution in [2.24, 2.45) is 28.7 Å². The van der Waals surface area contributed by atoms with E-state index in [2.05, 4.69) is 32.8 Å². The summed E-state index contributed by atoms with van der Waals surface area (Å²) < 4.78 is 0. The van der Waals surface area contributed by atoms with Crippen molar-refractivity contribution in [2.45, 2.75) is 19.8 Å². The number of imide groups is 1. The molecule has 2 aliphatic carbocycles. The fraction of sp³-hybridized carbons (Fsp3) is 0.524. The molecule has 4 unspecified atom stereocenters. The van der Waals surface area contributed by atoms with Gasteiger partial charge in [0.25, 0.3) is 0 Å². The molecule has 3 aliphatic rings. The summed E-state index contributed by atoms with van der Waals surface area (Å²) in [5.41, 5.74) is 1.14. The van der Waals surface area contributed by atoms with Gasteiger partial charge in [0, 0.05) is 38.6 Å². The van der Waals surface area contributed by atoms with Crippen molar-refractivity contribution >= 4 is 41.8 Å². The molecule has 2 heterocycles. The number of hydrogen-bond acceptors (Lipinski definition) is 4. The molecule has 1 aliphatic heterocycles. The molecule has 1 aromatic rings. The molecule has 156 valence electrons. The lowest BCUT2D eigenvalue weighted by Crippen LogP contribution is -2.43. The van der Waals surface area contributed by atoms with Crippen molar-refractivity contribution in [3.63, 3.8) is 0 Å². The van der Waals surface area contributed by atoms with Crippen LogP contribution in [-0.2, 0) is 16.0 Å². The number of nitrogens with zero attached hydrogens (tertiary/aromatic N) is 3. The van der Waals surface area contributed by atoms with Crippen molar-refractivity contribution in [2.75, 3.05) is 26.2 Å². The lowest BCUT2D eigenvalue weighted by atomic mass is 9.85. The van der Waals surface area contributed by atoms with Crippen molar-refractivity contribution in [3.05, 3.63) is 42.2 Å². The zero-order chi connectivity index (χ0) is 19.5. The molecule has 4 atom stereocenters. The van der Waals surface area contributed by atoms with E-state index < -0.39 is 0 Å². The molecular weight excluding hydrogens is 481 g/mol. The third-order valence-corrected chi connectivity index (χ3v) is 5.93. The van der Waals surface area contributed by atoms with Crippen LogP contribution in [0.2, 0.25) is 0 Å². The summed E-state index contributed by atoms with van der Waals surface area (Å²) in [4.78, 5) is 35.6. The molecule has 0 radical (unpaired) electrons. The van der Waals surface area contributed by atoms with Gasteiger partial charge in [0.2, 0.25) is 11.8 Å². The number of likely N-dealkylation sites (tertiary alicyclic amines) is 1. The summed E-state index contributed by atoms with van der Waals surface area (Å²) in [5.74, 6) is 0.992. The number of fused-ring (bicyclic) bond motifs is 5. The number of guanidine groups is 1. The maximum atomic E-state index is 12.7. The molecule has 7 nitrogen and oxygen atoms in total. The molecule has 2 amide bonds. The van der Waals surface area contributed by atoms with Crippen molar-refractivity contribution in [1.29, 1.82) is 0 Å². The number of amides is 2. The zero-order valence-corrected chi connectivity index (χ0v) is 18.9. The van der Waals surface area contributed by atoms with E-state index in [0.717, 1.165) is 24.9 Å². The third-order valence-electron chi connectivity index (χ3n) is 5.93. The van der Waals surface area contributed by atoms with Crippen LogP contribution in [0.3, 0.4) is 0 Å². The number of allylic oxidation sites excluding steroid dienone is 2. The molecule has 1 aromatic heterocycles. The Morgan fingerprint density at radius 2 is 1.93 bits per heavy atom. The Labute approximate surface area is 188 Å². The first-order valence-corrected chi connectivity index (χ1v) is 10.1. The van der Waals surface area contributed by atoms with Gasteiger partial charge >= 0.3 is 0 Å². The van der Waals surface area contributed by atoms with E-state index >= 15 is 0 Å². The average molecular weight is 509 g/mol. The zero-order valence-electron chi connectivity index (χ0n) is 16.6. The minimum atomic E-state index is -0.121. The Bertz CT molecular complexity index is 768. The second-order valence-corrected chi connectivity index (χ2v) is 7.63. The highest BCUT2D eigenvalue weighted by Gasteiger charge is 2.58. The van der Waals surface area contributed by atoms with Gasteiger partial charge in [-0.25, -0.2) is 0 Å². The fourth-order valence-electron chi connectivity index (χ4n) is 4.66. The van der Waals surface area contributed by atoms with Crippen LogP contribution in [0.5, 0.6) is 0 Å². The van der Waals surface area contributed by atoms with E-state index in [1.807, 2.05) is 25.3 Å². The van der Waals surface area contributed by atoms with Crippen molar-refractivity contribution in [3.8, 4) is 0 Å². The number of pyridine rings is 1. The Kier molecular flexibility index (Phi) is 7.26. The SMILES string of the molecule is CCNC(=NCCc1cccnc1)NCCN1C(=O)C2C3C=CC(C3)C2C1=O.I. The van der Waals surface area contributed by atoms with Gasteiger partial charge in [-0.3, -0.25) is 24.5 Å². The Balaban J connectivity index is 0.00000240. The van der Waals surface area contributed by atoms with Crippen molar-refractivity contribution in [1.82, 2.24) is 20.5 Å². The predicted octanol–water partition coefficient (Wildman–Crippen LogP) is 1.60. The number of nitrogens with one attached hydrogen (secondary N) is 2. The van der Waals surface area contributed by atoms with Crippen LogP contribution in [-0.4, -0.2) is 53.8 Å². The minimum Gasteiger partial charge on any atom is -0.357 e. The number of aliphatic imine (C=N–C) groups is 1. The highest BCUT2D eigenvalue weighted by Crippen LogP contribution is 2.52. The van der Waals surface area contributed by atoms with Gasteiger partial charge in [0.15, 0.2) is 5.96 Å². The molecule has 2 N–H and O–H groups in total. The number of hydrogen-bond donors (Lipinski definition) is 2. The van der Waals surface area contributed by atoms with E-state index in [-0.39, 0.29) is 59.5 Å². The molecule has 1 saturated carbocycles. The molecular formula is C21H28IN5O2. The molecule has 29 heavy (non-hydrogen) atoms. The standard InChI is InChI=1S/C21H27N5O2.HI/c1-2-23-21(24-9-7-14-4-3-8-22-13-14)25-10-11-26-19(27)17-15-5-6-16(12-15)18(17)20(26)28;/h3-6,8,13,15-18H,2,7,9-12H2,1H3,(H2,23,24,25);1H. The Morgan fingerprint density at radius 3 is 2.55 bits per heavy atom. The van der Waals surface area contributed by atoms with Crippen LogP contribution in [0, 0.1) is 23.7 Å². The predicted molar refractivity (Wildman–Crippen MR) is 122 cm³/mol. The van der Waals surface area contributed by atoms with Crippen LogP contribution in [0.1, 0.15) is 18.9 Å². The molecule has 4 rings (SSSR count). The van der Waals surface area contributed by atoms with Crippen LogP contribution in [0.15, 0.2) is 41.7 Å². The quantitative estimate of drug-likeness (QED) is 0.192. The highest BCUT2D eigenvalue weighted by atomic mass is 127. The second-order valence-electron chi connectivity index (χ2n) is 7.63. The molecule has 0 spiro atoms. The van der Waals surface area contributed by atoms with E-state index in [1.54, 1.807) is 6.20 Å². The summed E-state index contributed by atoms with van der Waals surface area (Å²) in [5, 5.41) is 6.45. The van der Waals surface area contributed by atoms with Crippen LogP contribution >= 0.6 is 24.0 Å². The molecule has 0 aromatic carbocycles. The van der Waals surface area contributed by atoms with Gasteiger partial charge in [-0.05, 0) is 43.2 Å². The summed E-state index contributed by atoms with van der Waals surface area (Å²) in [6, 6.07) is 3.95. The van der Waals surface area contributed by atoms with E-state index in [9.17, 15) is 9.59 Å². The van der Waals surface area contributed by atoms with Gasteiger partial charge < -0.3 is 10.6 Å². The summed E-state index contributed by atoms with van der Waals surface area (Å²) in [6.07, 6.45) is 9.63. The lowest BCUT2D eigenvalue weighted by molar-refractivity contribution is -0.140. The van der Waals surface area contributed by atoms with Crippen LogP contribution in [0.4, 0.5) is 0 Å². The number of carbonyl (C=O) groups is 2. The molecule has 2 fully saturated rings. The van der Waals surface area contributed by atoms with Crippen LogP contribution in [0.25, 0.3) is 0 Å². The largest absolute Gasteiger partial charge is 0.357 e. The third kappa shape index (κ3) is 4.46. The number of halogens is 1. The van der Waals surface area contributed by atoms with Gasteiger partial charge in [0.1, 0.15) is 0 Å². The summed E-state index contributed by atoms with van der Waals surface area (Å²) in [7, 11) is 0. The fourth-order valence-corrected chi connectivity index (χ4v) is 4.66. The maximum Gasteiger partial charge on any atom is 0.233 e. The molecule has 2 bridgehead atoms. The van der Waals surface area contributed by atoms with Gasteiger partial charge in [-0.15, -0.1) is 24.0 Å². The Hall–Kier alpha value is -1.97. The van der Waals surface area contributed by atoms with Gasteiger partial charge in [-0.1, -0.05) is 18.2 Å². The second kappa shape index (κ2) is 9.69. The lowest BCUT2D eigenvalue weighted by Gasteiger charge is -2.18. The molecule has 8 heteroatoms. The van der Waals surface area contributed by atoms with E-state index in [0.29, 0.717) is 25.6 Å². The molecule has 1 saturated heterocycles. The normalized spacial score (nSPS) is 27.2. The first-order chi connectivity index (χ1) is 13.7. The summed E-state index contributed by atoms with van der Waals surface area (Å²) in [6.45, 7) is 4.28. The average Bonchev–Trinajstić information content (AvgIpc) is 3.38. The first-order valence-electron chi connectivity index (χ1n) is 10.1.